The zero-order chi connectivity index (χ0) is 12.3. The van der Waals surface area contributed by atoms with E-state index in [0.717, 1.165) is 16.7 Å². The first-order valence-electron chi connectivity index (χ1n) is 5.38. The zero-order valence-corrected chi connectivity index (χ0v) is 10.3. The molecule has 17 heavy (non-hydrogen) atoms. The van der Waals surface area contributed by atoms with Crippen molar-refractivity contribution in [3.8, 4) is 0 Å². The molecule has 0 bridgehead atoms. The van der Waals surface area contributed by atoms with Gasteiger partial charge in [-0.15, -0.1) is 0 Å². The summed E-state index contributed by atoms with van der Waals surface area (Å²) in [4.78, 5) is 22.2. The van der Waals surface area contributed by atoms with Crippen molar-refractivity contribution in [3.63, 3.8) is 0 Å². The molecule has 1 amide bonds. The average molecular weight is 247 g/mol. The van der Waals surface area contributed by atoms with E-state index in [1.807, 2.05) is 30.4 Å². The number of fused-ring (bicyclic) bond motifs is 1. The number of hydrogen-bond donors (Lipinski definition) is 1. The topological polar surface area (TPSA) is 46.2 Å². The predicted octanol–water partition coefficient (Wildman–Crippen LogP) is 2.22. The van der Waals surface area contributed by atoms with Crippen molar-refractivity contribution in [2.75, 3.05) is 5.75 Å². The van der Waals surface area contributed by atoms with Crippen LogP contribution in [0, 0.1) is 0 Å². The summed E-state index contributed by atoms with van der Waals surface area (Å²) >= 11 is 1.27. The fourth-order valence-electron chi connectivity index (χ4n) is 1.68. The van der Waals surface area contributed by atoms with Crippen molar-refractivity contribution in [3.05, 3.63) is 41.0 Å². The molecule has 0 saturated carbocycles. The van der Waals surface area contributed by atoms with Gasteiger partial charge in [-0.1, -0.05) is 36.0 Å². The number of nitrogens with one attached hydrogen (secondary N) is 1. The van der Waals surface area contributed by atoms with Crippen molar-refractivity contribution < 1.29 is 9.59 Å². The Labute approximate surface area is 104 Å². The second kappa shape index (κ2) is 5.19. The Morgan fingerprint density at radius 2 is 2.35 bits per heavy atom. The largest absolute Gasteiger partial charge is 0.348 e. The van der Waals surface area contributed by atoms with Gasteiger partial charge in [0.2, 0.25) is 0 Å². The maximum atomic E-state index is 11.5. The molecule has 1 heterocycles. The monoisotopic (exact) mass is 247 g/mol. The van der Waals surface area contributed by atoms with Crippen molar-refractivity contribution >= 4 is 28.9 Å². The normalized spacial score (nSPS) is 13.8. The molecule has 0 aromatic heterocycles. The van der Waals surface area contributed by atoms with E-state index in [0.29, 0.717) is 12.3 Å². The molecular formula is C13H13NO2S. The minimum absolute atomic E-state index is 0.00615. The van der Waals surface area contributed by atoms with Crippen LogP contribution in [0.25, 0.3) is 6.08 Å². The molecule has 2 rings (SSSR count). The van der Waals surface area contributed by atoms with Gasteiger partial charge >= 0.3 is 0 Å². The highest BCUT2D eigenvalue weighted by Gasteiger charge is 2.17. The summed E-state index contributed by atoms with van der Waals surface area (Å²) in [5.41, 5.74) is 2.79. The number of carbonyl (C=O) groups is 2. The summed E-state index contributed by atoms with van der Waals surface area (Å²) in [6.45, 7) is 2.18. The van der Waals surface area contributed by atoms with E-state index >= 15 is 0 Å². The fraction of sp³-hybridized carbons (Fsp3) is 0.231. The molecule has 1 N–H and O–H groups in total. The van der Waals surface area contributed by atoms with E-state index in [-0.39, 0.29) is 11.0 Å². The molecule has 88 valence electrons. The minimum Gasteiger partial charge on any atom is -0.348 e. The highest BCUT2D eigenvalue weighted by Crippen LogP contribution is 2.18. The summed E-state index contributed by atoms with van der Waals surface area (Å²) in [5.74, 6) is 0.659. The lowest BCUT2D eigenvalue weighted by Gasteiger charge is -1.98. The lowest BCUT2D eigenvalue weighted by molar-refractivity contribution is -0.109. The Morgan fingerprint density at radius 1 is 1.53 bits per heavy atom. The van der Waals surface area contributed by atoms with Gasteiger partial charge in [-0.3, -0.25) is 9.59 Å². The molecule has 0 radical (unpaired) electrons. The third kappa shape index (κ3) is 2.97. The van der Waals surface area contributed by atoms with Crippen LogP contribution in [0.1, 0.15) is 28.4 Å². The van der Waals surface area contributed by atoms with Gasteiger partial charge in [-0.25, -0.2) is 0 Å². The standard InChI is InChI=1S/C13H13NO2S/c1-9(15)17-6-2-3-10-4-5-11-8-14-13(16)12(11)7-10/h2-5,7H,6,8H2,1H3,(H,14,16). The molecule has 1 aromatic carbocycles. The Balaban J connectivity index is 2.05. The Morgan fingerprint density at radius 3 is 3.12 bits per heavy atom. The number of rotatable bonds is 3. The average Bonchev–Trinajstić information content (AvgIpc) is 2.66. The Hall–Kier alpha value is -1.55. The fourth-order valence-corrected chi connectivity index (χ4v) is 2.11. The van der Waals surface area contributed by atoms with Gasteiger partial charge in [-0.2, -0.15) is 0 Å². The second-order valence-corrected chi connectivity index (χ2v) is 5.00. The van der Waals surface area contributed by atoms with Gasteiger partial charge < -0.3 is 5.32 Å². The quantitative estimate of drug-likeness (QED) is 0.891. The number of benzene rings is 1. The molecule has 1 aliphatic rings. The molecule has 1 aliphatic heterocycles. The van der Waals surface area contributed by atoms with E-state index < -0.39 is 0 Å². The van der Waals surface area contributed by atoms with Crippen molar-refractivity contribution in [1.29, 1.82) is 0 Å². The molecule has 0 aliphatic carbocycles. The molecule has 0 fully saturated rings. The first-order chi connectivity index (χ1) is 8.16. The van der Waals surface area contributed by atoms with E-state index in [2.05, 4.69) is 5.32 Å². The van der Waals surface area contributed by atoms with E-state index in [1.165, 1.54) is 11.8 Å². The highest BCUT2D eigenvalue weighted by molar-refractivity contribution is 8.13. The molecule has 0 saturated heterocycles. The van der Waals surface area contributed by atoms with Crippen LogP contribution >= 0.6 is 11.8 Å². The van der Waals surface area contributed by atoms with E-state index in [1.54, 1.807) is 6.92 Å². The molecule has 4 heteroatoms. The number of amides is 1. The van der Waals surface area contributed by atoms with Crippen LogP contribution in [0.3, 0.4) is 0 Å². The van der Waals surface area contributed by atoms with Gasteiger partial charge in [0.15, 0.2) is 5.12 Å². The maximum Gasteiger partial charge on any atom is 0.251 e. The molecule has 0 unspecified atom stereocenters. The van der Waals surface area contributed by atoms with Crippen molar-refractivity contribution in [2.45, 2.75) is 13.5 Å². The summed E-state index contributed by atoms with van der Waals surface area (Å²) < 4.78 is 0. The molecule has 0 atom stereocenters. The molecule has 3 nitrogen and oxygen atoms in total. The van der Waals surface area contributed by atoms with Crippen LogP contribution < -0.4 is 5.32 Å². The van der Waals surface area contributed by atoms with Gasteiger partial charge in [0.25, 0.3) is 5.91 Å². The summed E-state index contributed by atoms with van der Waals surface area (Å²) in [6.07, 6.45) is 3.86. The van der Waals surface area contributed by atoms with Gasteiger partial charge in [0.1, 0.15) is 0 Å². The Bertz CT molecular complexity index is 494. The maximum absolute atomic E-state index is 11.5. The van der Waals surface area contributed by atoms with Gasteiger partial charge in [0.05, 0.1) is 0 Å². The first kappa shape index (κ1) is 11.9. The van der Waals surface area contributed by atoms with Crippen LogP contribution in [-0.2, 0) is 11.3 Å². The lowest BCUT2D eigenvalue weighted by Crippen LogP contribution is -2.12. The summed E-state index contributed by atoms with van der Waals surface area (Å²) in [6, 6.07) is 5.83. The summed E-state index contributed by atoms with van der Waals surface area (Å²) in [5, 5.41) is 2.90. The number of hydrogen-bond acceptors (Lipinski definition) is 3. The smallest absolute Gasteiger partial charge is 0.251 e. The Kier molecular flexibility index (Phi) is 3.64. The number of carbonyl (C=O) groups excluding carboxylic acids is 2. The minimum atomic E-state index is -0.00615. The zero-order valence-electron chi connectivity index (χ0n) is 9.53. The van der Waals surface area contributed by atoms with Gasteiger partial charge in [0, 0.05) is 24.8 Å². The van der Waals surface area contributed by atoms with Crippen LogP contribution in [0.5, 0.6) is 0 Å². The third-order valence-electron chi connectivity index (χ3n) is 2.51. The van der Waals surface area contributed by atoms with Crippen molar-refractivity contribution in [2.24, 2.45) is 0 Å². The van der Waals surface area contributed by atoms with Crippen LogP contribution in [0.2, 0.25) is 0 Å². The van der Waals surface area contributed by atoms with Crippen LogP contribution in [0.15, 0.2) is 24.3 Å². The molecular weight excluding hydrogens is 234 g/mol. The van der Waals surface area contributed by atoms with Crippen molar-refractivity contribution in [1.82, 2.24) is 5.32 Å². The highest BCUT2D eigenvalue weighted by atomic mass is 32.2. The first-order valence-corrected chi connectivity index (χ1v) is 6.36. The molecule has 1 aromatic rings. The van der Waals surface area contributed by atoms with Crippen LogP contribution in [-0.4, -0.2) is 16.8 Å². The lowest BCUT2D eigenvalue weighted by atomic mass is 10.1. The second-order valence-electron chi connectivity index (χ2n) is 3.80. The van der Waals surface area contributed by atoms with Gasteiger partial charge in [-0.05, 0) is 17.2 Å². The summed E-state index contributed by atoms with van der Waals surface area (Å²) in [7, 11) is 0. The van der Waals surface area contributed by atoms with Crippen LogP contribution in [0.4, 0.5) is 0 Å². The van der Waals surface area contributed by atoms with E-state index in [4.69, 9.17) is 0 Å². The number of thioether (sulfide) groups is 1. The SMILES string of the molecule is CC(=O)SCC=Cc1ccc2c(c1)C(=O)NC2. The predicted molar refractivity (Wildman–Crippen MR) is 69.8 cm³/mol. The van der Waals surface area contributed by atoms with E-state index in [9.17, 15) is 9.59 Å². The molecule has 0 spiro atoms. The third-order valence-corrected chi connectivity index (χ3v) is 3.28.